The second-order valence-electron chi connectivity index (χ2n) is 2.53. The highest BCUT2D eigenvalue weighted by atomic mass is 32.1. The molecule has 13 heavy (non-hydrogen) atoms. The quantitative estimate of drug-likeness (QED) is 0.633. The van der Waals surface area contributed by atoms with E-state index >= 15 is 0 Å². The molecule has 0 bridgehead atoms. The maximum absolute atomic E-state index is 11.3. The predicted molar refractivity (Wildman–Crippen MR) is 47.6 cm³/mol. The normalized spacial score (nSPS) is 10.2. The van der Waals surface area contributed by atoms with Gasteiger partial charge < -0.3 is 4.42 Å². The SMILES string of the molecule is Cc1cc2nsc(C#N)c2c(=O)o1. The zero-order valence-electron chi connectivity index (χ0n) is 6.70. The molecule has 4 nitrogen and oxygen atoms in total. The summed E-state index contributed by atoms with van der Waals surface area (Å²) in [6.07, 6.45) is 0. The number of hydrogen-bond donors (Lipinski definition) is 0. The largest absolute Gasteiger partial charge is 0.428 e. The van der Waals surface area contributed by atoms with Gasteiger partial charge in [0.25, 0.3) is 0 Å². The molecule has 0 aliphatic carbocycles. The van der Waals surface area contributed by atoms with Gasteiger partial charge in [-0.2, -0.15) is 9.64 Å². The lowest BCUT2D eigenvalue weighted by Gasteiger charge is -1.89. The monoisotopic (exact) mass is 192 g/mol. The van der Waals surface area contributed by atoms with Crippen LogP contribution in [0.15, 0.2) is 15.3 Å². The van der Waals surface area contributed by atoms with E-state index in [1.165, 1.54) is 0 Å². The van der Waals surface area contributed by atoms with E-state index in [1.54, 1.807) is 13.0 Å². The van der Waals surface area contributed by atoms with Gasteiger partial charge in [0.2, 0.25) is 0 Å². The van der Waals surface area contributed by atoms with Crippen LogP contribution in [0.25, 0.3) is 10.9 Å². The van der Waals surface area contributed by atoms with E-state index in [0.717, 1.165) is 11.5 Å². The molecule has 0 aliphatic heterocycles. The Bertz CT molecular complexity index is 562. The summed E-state index contributed by atoms with van der Waals surface area (Å²) in [5, 5.41) is 8.95. The smallest absolute Gasteiger partial charge is 0.347 e. The first-order valence-corrected chi connectivity index (χ1v) is 4.30. The molecular weight excluding hydrogens is 188 g/mol. The Labute approximate surface area is 77.2 Å². The molecule has 2 aromatic heterocycles. The number of rotatable bonds is 0. The van der Waals surface area contributed by atoms with E-state index in [1.807, 2.05) is 6.07 Å². The third-order valence-corrected chi connectivity index (χ3v) is 2.38. The van der Waals surface area contributed by atoms with E-state index in [-0.39, 0.29) is 5.39 Å². The minimum Gasteiger partial charge on any atom is -0.428 e. The predicted octanol–water partition coefficient (Wildman–Crippen LogP) is 1.43. The molecule has 0 N–H and O–H groups in total. The van der Waals surface area contributed by atoms with E-state index in [4.69, 9.17) is 9.68 Å². The van der Waals surface area contributed by atoms with Gasteiger partial charge in [-0.15, -0.1) is 0 Å². The molecule has 0 unspecified atom stereocenters. The van der Waals surface area contributed by atoms with Crippen molar-refractivity contribution in [3.63, 3.8) is 0 Å². The lowest BCUT2D eigenvalue weighted by molar-refractivity contribution is 0.488. The lowest BCUT2D eigenvalue weighted by atomic mass is 10.3. The molecular formula is C8H4N2O2S. The van der Waals surface area contributed by atoms with Crippen molar-refractivity contribution in [1.29, 1.82) is 5.26 Å². The number of nitrogens with zero attached hydrogens (tertiary/aromatic N) is 2. The molecule has 0 spiro atoms. The fourth-order valence-electron chi connectivity index (χ4n) is 1.09. The van der Waals surface area contributed by atoms with Gasteiger partial charge in [0.15, 0.2) is 0 Å². The summed E-state index contributed by atoms with van der Waals surface area (Å²) in [6, 6.07) is 3.55. The Morgan fingerprint density at radius 2 is 2.46 bits per heavy atom. The second kappa shape index (κ2) is 2.68. The summed E-state index contributed by atoms with van der Waals surface area (Å²) in [6.45, 7) is 1.67. The fraction of sp³-hybridized carbons (Fsp3) is 0.125. The molecule has 0 radical (unpaired) electrons. The zero-order valence-corrected chi connectivity index (χ0v) is 7.51. The van der Waals surface area contributed by atoms with Crippen molar-refractivity contribution in [3.05, 3.63) is 27.1 Å². The third kappa shape index (κ3) is 1.12. The van der Waals surface area contributed by atoms with Crippen LogP contribution in [0, 0.1) is 18.3 Å². The van der Waals surface area contributed by atoms with E-state index < -0.39 is 5.63 Å². The molecule has 0 fully saturated rings. The van der Waals surface area contributed by atoms with Gasteiger partial charge in [-0.3, -0.25) is 0 Å². The Hall–Kier alpha value is -1.67. The molecule has 0 saturated carbocycles. The van der Waals surface area contributed by atoms with Crippen LogP contribution in [0.3, 0.4) is 0 Å². The Kier molecular flexibility index (Phi) is 1.64. The van der Waals surface area contributed by atoms with Crippen molar-refractivity contribution in [2.75, 3.05) is 0 Å². The summed E-state index contributed by atoms with van der Waals surface area (Å²) in [5.41, 5.74) is 0.0515. The van der Waals surface area contributed by atoms with Gasteiger partial charge in [-0.05, 0) is 18.5 Å². The zero-order chi connectivity index (χ0) is 9.42. The van der Waals surface area contributed by atoms with Gasteiger partial charge in [-0.25, -0.2) is 4.79 Å². The van der Waals surface area contributed by atoms with Crippen LogP contribution in [0.1, 0.15) is 10.6 Å². The second-order valence-corrected chi connectivity index (χ2v) is 3.30. The highest BCUT2D eigenvalue weighted by molar-refractivity contribution is 7.07. The van der Waals surface area contributed by atoms with Crippen LogP contribution in [-0.2, 0) is 0 Å². The van der Waals surface area contributed by atoms with Crippen LogP contribution in [0.5, 0.6) is 0 Å². The van der Waals surface area contributed by atoms with Gasteiger partial charge in [0.1, 0.15) is 22.1 Å². The third-order valence-electron chi connectivity index (χ3n) is 1.62. The van der Waals surface area contributed by atoms with Crippen molar-refractivity contribution in [2.24, 2.45) is 0 Å². The molecule has 0 atom stereocenters. The van der Waals surface area contributed by atoms with Gasteiger partial charge in [0.05, 0.1) is 5.52 Å². The maximum Gasteiger partial charge on any atom is 0.347 e. The Morgan fingerprint density at radius 3 is 3.15 bits per heavy atom. The van der Waals surface area contributed by atoms with Crippen molar-refractivity contribution in [2.45, 2.75) is 6.92 Å². The van der Waals surface area contributed by atoms with E-state index in [2.05, 4.69) is 4.37 Å². The summed E-state index contributed by atoms with van der Waals surface area (Å²) < 4.78 is 8.82. The minimum absolute atomic E-state index is 0.290. The number of hydrogen-bond acceptors (Lipinski definition) is 5. The Balaban J connectivity index is 3.01. The molecule has 2 rings (SSSR count). The van der Waals surface area contributed by atoms with Gasteiger partial charge in [0, 0.05) is 6.07 Å². The van der Waals surface area contributed by atoms with Crippen molar-refractivity contribution < 1.29 is 4.42 Å². The molecule has 0 saturated heterocycles. The highest BCUT2D eigenvalue weighted by Crippen LogP contribution is 2.18. The van der Waals surface area contributed by atoms with Crippen LogP contribution < -0.4 is 5.63 Å². The van der Waals surface area contributed by atoms with Crippen LogP contribution in [0.4, 0.5) is 0 Å². The Morgan fingerprint density at radius 1 is 1.69 bits per heavy atom. The fourth-order valence-corrected chi connectivity index (χ4v) is 1.75. The number of fused-ring (bicyclic) bond motifs is 1. The van der Waals surface area contributed by atoms with Gasteiger partial charge in [-0.1, -0.05) is 0 Å². The van der Waals surface area contributed by atoms with Gasteiger partial charge >= 0.3 is 5.63 Å². The minimum atomic E-state index is -0.486. The molecule has 2 heterocycles. The first-order valence-electron chi connectivity index (χ1n) is 3.52. The molecule has 64 valence electrons. The van der Waals surface area contributed by atoms with Crippen LogP contribution >= 0.6 is 11.5 Å². The maximum atomic E-state index is 11.3. The van der Waals surface area contributed by atoms with Crippen molar-refractivity contribution in [1.82, 2.24) is 4.37 Å². The molecule has 0 aromatic carbocycles. The van der Waals surface area contributed by atoms with Crippen LogP contribution in [-0.4, -0.2) is 4.37 Å². The summed E-state index contributed by atoms with van der Waals surface area (Å²) in [5.74, 6) is 0.507. The molecule has 0 aliphatic rings. The lowest BCUT2D eigenvalue weighted by Crippen LogP contribution is -1.99. The number of nitriles is 1. The first kappa shape index (κ1) is 7.95. The average Bonchev–Trinajstić information content (AvgIpc) is 2.47. The molecule has 2 aromatic rings. The standard InChI is InChI=1S/C8H4N2O2S/c1-4-2-5-7(8(11)12-4)6(3-9)13-10-5/h2H,1H3. The number of aryl methyl sites for hydroxylation is 1. The topological polar surface area (TPSA) is 66.9 Å². The summed E-state index contributed by atoms with van der Waals surface area (Å²) in [7, 11) is 0. The first-order chi connectivity index (χ1) is 6.22. The molecule has 5 heteroatoms. The summed E-state index contributed by atoms with van der Waals surface area (Å²) >= 11 is 1.01. The average molecular weight is 192 g/mol. The van der Waals surface area contributed by atoms with E-state index in [0.29, 0.717) is 16.2 Å². The number of aromatic nitrogens is 1. The molecule has 0 amide bonds. The van der Waals surface area contributed by atoms with Crippen molar-refractivity contribution in [3.8, 4) is 6.07 Å². The van der Waals surface area contributed by atoms with Crippen LogP contribution in [0.2, 0.25) is 0 Å². The highest BCUT2D eigenvalue weighted by Gasteiger charge is 2.10. The van der Waals surface area contributed by atoms with Crippen molar-refractivity contribution >= 4 is 22.4 Å². The van der Waals surface area contributed by atoms with E-state index in [9.17, 15) is 4.79 Å². The summed E-state index contributed by atoms with van der Waals surface area (Å²) in [4.78, 5) is 11.6.